The molecular formula is C21H23N3O. The monoisotopic (exact) mass is 333 g/mol. The average molecular weight is 333 g/mol. The average Bonchev–Trinajstić information content (AvgIpc) is 2.65. The van der Waals surface area contributed by atoms with E-state index in [9.17, 15) is 10.1 Å². The van der Waals surface area contributed by atoms with Crippen molar-refractivity contribution >= 4 is 17.3 Å². The summed E-state index contributed by atoms with van der Waals surface area (Å²) in [4.78, 5) is 14.5. The molecule has 4 nitrogen and oxygen atoms in total. The summed E-state index contributed by atoms with van der Waals surface area (Å²) in [5.41, 5.74) is 3.85. The van der Waals surface area contributed by atoms with Crippen molar-refractivity contribution in [2.75, 3.05) is 16.8 Å². The summed E-state index contributed by atoms with van der Waals surface area (Å²) in [6, 6.07) is 17.6. The van der Waals surface area contributed by atoms with E-state index in [0.29, 0.717) is 6.54 Å². The van der Waals surface area contributed by atoms with Gasteiger partial charge in [-0.3, -0.25) is 4.79 Å². The van der Waals surface area contributed by atoms with E-state index in [2.05, 4.69) is 5.32 Å². The lowest BCUT2D eigenvalue weighted by atomic mass is 10.1. The first-order valence-electron chi connectivity index (χ1n) is 8.44. The number of nitrogens with zero attached hydrogens (tertiary/aromatic N) is 2. The summed E-state index contributed by atoms with van der Waals surface area (Å²) in [5.74, 6) is -0.388. The van der Waals surface area contributed by atoms with Gasteiger partial charge in [-0.25, -0.2) is 0 Å². The van der Waals surface area contributed by atoms with E-state index in [1.165, 1.54) is 0 Å². The quantitative estimate of drug-likeness (QED) is 0.628. The van der Waals surface area contributed by atoms with Crippen molar-refractivity contribution < 1.29 is 4.79 Å². The Bertz CT molecular complexity index is 804. The Morgan fingerprint density at radius 1 is 1.16 bits per heavy atom. The smallest absolute Gasteiger partial charge is 0.267 e. The molecule has 0 aliphatic rings. The minimum atomic E-state index is -0.388. The maximum atomic E-state index is 12.6. The molecule has 4 heteroatoms. The molecule has 0 saturated heterocycles. The number of carbonyl (C=O) groups excluding carboxylic acids is 1. The van der Waals surface area contributed by atoms with E-state index in [1.807, 2.05) is 80.3 Å². The van der Waals surface area contributed by atoms with Crippen LogP contribution in [0.4, 0.5) is 11.4 Å². The molecule has 0 unspecified atom stereocenters. The second-order valence-electron chi connectivity index (χ2n) is 5.69. The van der Waals surface area contributed by atoms with Gasteiger partial charge in [0.25, 0.3) is 5.91 Å². The standard InChI is InChI=1S/C21H23N3O/c1-4-17-11-9-10-16(3)20(17)23-21(25)18(14-22)15-24(5-2)19-12-7-6-8-13-19/h6-13,15H,4-5H2,1-3H3,(H,23,25)/b18-15-. The molecule has 2 rings (SSSR count). The van der Waals surface area contributed by atoms with Crippen LogP contribution in [0.15, 0.2) is 60.3 Å². The molecule has 0 spiro atoms. The second kappa shape index (κ2) is 8.70. The van der Waals surface area contributed by atoms with Crippen LogP contribution in [0.25, 0.3) is 0 Å². The molecule has 0 heterocycles. The molecule has 0 aromatic heterocycles. The summed E-state index contributed by atoms with van der Waals surface area (Å²) in [6.07, 6.45) is 2.42. The van der Waals surface area contributed by atoms with Crippen LogP contribution in [-0.2, 0) is 11.2 Å². The van der Waals surface area contributed by atoms with Crippen molar-refractivity contribution in [3.63, 3.8) is 0 Å². The third kappa shape index (κ3) is 4.48. The number of nitrogens with one attached hydrogen (secondary N) is 1. The Morgan fingerprint density at radius 2 is 1.88 bits per heavy atom. The van der Waals surface area contributed by atoms with Gasteiger partial charge in [0.05, 0.1) is 0 Å². The molecule has 25 heavy (non-hydrogen) atoms. The van der Waals surface area contributed by atoms with Crippen LogP contribution in [0.3, 0.4) is 0 Å². The maximum Gasteiger partial charge on any atom is 0.267 e. The van der Waals surface area contributed by atoms with Gasteiger partial charge in [-0.2, -0.15) is 5.26 Å². The Kier molecular flexibility index (Phi) is 6.36. The molecule has 0 atom stereocenters. The van der Waals surface area contributed by atoms with E-state index in [1.54, 1.807) is 6.20 Å². The zero-order chi connectivity index (χ0) is 18.2. The van der Waals surface area contributed by atoms with Gasteiger partial charge in [-0.05, 0) is 43.5 Å². The molecule has 128 valence electrons. The molecular weight excluding hydrogens is 310 g/mol. The zero-order valence-electron chi connectivity index (χ0n) is 14.9. The van der Waals surface area contributed by atoms with Gasteiger partial charge in [0.1, 0.15) is 11.6 Å². The van der Waals surface area contributed by atoms with Gasteiger partial charge in [-0.1, -0.05) is 43.3 Å². The predicted molar refractivity (Wildman–Crippen MR) is 102 cm³/mol. The zero-order valence-corrected chi connectivity index (χ0v) is 14.9. The van der Waals surface area contributed by atoms with Crippen LogP contribution in [0.5, 0.6) is 0 Å². The number of para-hydroxylation sites is 2. The summed E-state index contributed by atoms with van der Waals surface area (Å²) in [6.45, 7) is 6.63. The first-order chi connectivity index (χ1) is 12.1. The molecule has 0 saturated carbocycles. The van der Waals surface area contributed by atoms with Gasteiger partial charge in [0, 0.05) is 24.1 Å². The molecule has 0 aliphatic carbocycles. The Hall–Kier alpha value is -3.06. The predicted octanol–water partition coefficient (Wildman–Crippen LogP) is 4.43. The fraction of sp³-hybridized carbons (Fsp3) is 0.238. The van der Waals surface area contributed by atoms with Crippen LogP contribution < -0.4 is 10.2 Å². The molecule has 2 aromatic carbocycles. The number of hydrogen-bond donors (Lipinski definition) is 1. The second-order valence-corrected chi connectivity index (χ2v) is 5.69. The van der Waals surface area contributed by atoms with Crippen LogP contribution in [-0.4, -0.2) is 12.5 Å². The van der Waals surface area contributed by atoms with Gasteiger partial charge in [0.2, 0.25) is 0 Å². The van der Waals surface area contributed by atoms with E-state index in [4.69, 9.17) is 0 Å². The Morgan fingerprint density at radius 3 is 2.48 bits per heavy atom. The van der Waals surface area contributed by atoms with E-state index >= 15 is 0 Å². The SMILES string of the molecule is CCc1cccc(C)c1NC(=O)/C(C#N)=C\N(CC)c1ccccc1. The van der Waals surface area contributed by atoms with Crippen LogP contribution >= 0.6 is 0 Å². The van der Waals surface area contributed by atoms with Crippen LogP contribution in [0.2, 0.25) is 0 Å². The lowest BCUT2D eigenvalue weighted by molar-refractivity contribution is -0.112. The van der Waals surface area contributed by atoms with E-state index < -0.39 is 0 Å². The highest BCUT2D eigenvalue weighted by atomic mass is 16.1. The Labute approximate surface area is 149 Å². The van der Waals surface area contributed by atoms with Gasteiger partial charge >= 0.3 is 0 Å². The number of hydrogen-bond acceptors (Lipinski definition) is 3. The number of carbonyl (C=O) groups is 1. The first kappa shape index (κ1) is 18.3. The Balaban J connectivity index is 2.29. The van der Waals surface area contributed by atoms with E-state index in [-0.39, 0.29) is 11.5 Å². The third-order valence-corrected chi connectivity index (χ3v) is 4.06. The van der Waals surface area contributed by atoms with Crippen molar-refractivity contribution in [3.8, 4) is 6.07 Å². The van der Waals surface area contributed by atoms with Crippen LogP contribution in [0, 0.1) is 18.3 Å². The molecule has 2 aromatic rings. The van der Waals surface area contributed by atoms with Crippen molar-refractivity contribution in [2.24, 2.45) is 0 Å². The molecule has 1 N–H and O–H groups in total. The van der Waals surface area contributed by atoms with Crippen molar-refractivity contribution in [3.05, 3.63) is 71.4 Å². The number of benzene rings is 2. The summed E-state index contributed by atoms with van der Waals surface area (Å²) in [7, 11) is 0. The fourth-order valence-corrected chi connectivity index (χ4v) is 2.64. The normalized spacial score (nSPS) is 10.9. The van der Waals surface area contributed by atoms with Crippen LogP contribution in [0.1, 0.15) is 25.0 Å². The minimum absolute atomic E-state index is 0.0796. The number of anilines is 2. The summed E-state index contributed by atoms with van der Waals surface area (Å²) in [5, 5.41) is 12.4. The first-order valence-corrected chi connectivity index (χ1v) is 8.44. The summed E-state index contributed by atoms with van der Waals surface area (Å²) < 4.78 is 0. The van der Waals surface area contributed by atoms with Gasteiger partial charge in [-0.15, -0.1) is 0 Å². The maximum absolute atomic E-state index is 12.6. The number of nitriles is 1. The highest BCUT2D eigenvalue weighted by Gasteiger charge is 2.14. The molecule has 1 amide bonds. The molecule has 0 fully saturated rings. The third-order valence-electron chi connectivity index (χ3n) is 4.06. The van der Waals surface area contributed by atoms with Crippen molar-refractivity contribution in [1.82, 2.24) is 0 Å². The highest BCUT2D eigenvalue weighted by molar-refractivity contribution is 6.07. The largest absolute Gasteiger partial charge is 0.347 e. The lowest BCUT2D eigenvalue weighted by Gasteiger charge is -2.19. The molecule has 0 aliphatic heterocycles. The highest BCUT2D eigenvalue weighted by Crippen LogP contribution is 2.22. The number of aryl methyl sites for hydroxylation is 2. The fourth-order valence-electron chi connectivity index (χ4n) is 2.64. The van der Waals surface area contributed by atoms with E-state index in [0.717, 1.165) is 28.9 Å². The molecule has 0 radical (unpaired) electrons. The van der Waals surface area contributed by atoms with Gasteiger partial charge in [0.15, 0.2) is 0 Å². The summed E-state index contributed by atoms with van der Waals surface area (Å²) >= 11 is 0. The molecule has 0 bridgehead atoms. The van der Waals surface area contributed by atoms with Crippen molar-refractivity contribution in [1.29, 1.82) is 5.26 Å². The lowest BCUT2D eigenvalue weighted by Crippen LogP contribution is -2.21. The minimum Gasteiger partial charge on any atom is -0.347 e. The topological polar surface area (TPSA) is 56.1 Å². The van der Waals surface area contributed by atoms with Gasteiger partial charge < -0.3 is 10.2 Å². The number of amides is 1. The van der Waals surface area contributed by atoms with Crippen molar-refractivity contribution in [2.45, 2.75) is 27.2 Å². The number of rotatable bonds is 6.